The molecular formula is C10H22N2O. The molecule has 0 heterocycles. The molecule has 0 saturated heterocycles. The van der Waals surface area contributed by atoms with Gasteiger partial charge in [0.05, 0.1) is 0 Å². The van der Waals surface area contributed by atoms with E-state index in [-0.39, 0.29) is 11.9 Å². The van der Waals surface area contributed by atoms with Crippen LogP contribution in [0.15, 0.2) is 0 Å². The largest absolute Gasteiger partial charge is 0.356 e. The second-order valence-corrected chi connectivity index (χ2v) is 3.95. The molecule has 0 bridgehead atoms. The van der Waals surface area contributed by atoms with E-state index in [1.54, 1.807) is 0 Å². The summed E-state index contributed by atoms with van der Waals surface area (Å²) >= 11 is 0. The predicted octanol–water partition coefficient (Wildman–Crippen LogP) is 1.28. The van der Waals surface area contributed by atoms with E-state index >= 15 is 0 Å². The fraction of sp³-hybridized carbons (Fsp3) is 0.900. The third-order valence-electron chi connectivity index (χ3n) is 1.81. The summed E-state index contributed by atoms with van der Waals surface area (Å²) in [4.78, 5) is 11.2. The number of carbonyl (C=O) groups is 1. The molecule has 3 N–H and O–H groups in total. The molecule has 0 aromatic heterocycles. The molecule has 0 aliphatic heterocycles. The Labute approximate surface area is 81.1 Å². The average molecular weight is 186 g/mol. The second-order valence-electron chi connectivity index (χ2n) is 3.95. The van der Waals surface area contributed by atoms with Gasteiger partial charge in [0.15, 0.2) is 0 Å². The Kier molecular flexibility index (Phi) is 6.59. The zero-order valence-corrected chi connectivity index (χ0v) is 8.97. The minimum absolute atomic E-state index is 0.0252. The maximum atomic E-state index is 11.2. The summed E-state index contributed by atoms with van der Waals surface area (Å²) in [6, 6.07) is 0.0252. The highest BCUT2D eigenvalue weighted by Gasteiger charge is 2.08. The molecule has 1 amide bonds. The van der Waals surface area contributed by atoms with Crippen molar-refractivity contribution in [3.05, 3.63) is 0 Å². The molecule has 1 unspecified atom stereocenters. The van der Waals surface area contributed by atoms with Gasteiger partial charge in [-0.15, -0.1) is 0 Å². The lowest BCUT2D eigenvalue weighted by Gasteiger charge is -2.11. The van der Waals surface area contributed by atoms with Crippen LogP contribution in [0.2, 0.25) is 0 Å². The predicted molar refractivity (Wildman–Crippen MR) is 55.3 cm³/mol. The zero-order chi connectivity index (χ0) is 10.3. The van der Waals surface area contributed by atoms with Crippen LogP contribution in [-0.4, -0.2) is 18.5 Å². The molecule has 0 saturated carbocycles. The summed E-state index contributed by atoms with van der Waals surface area (Å²) in [6.45, 7) is 6.97. The van der Waals surface area contributed by atoms with E-state index in [9.17, 15) is 4.79 Å². The van der Waals surface area contributed by atoms with Crippen LogP contribution in [0.3, 0.4) is 0 Å². The number of nitrogens with two attached hydrogens (primary N) is 1. The first-order valence-corrected chi connectivity index (χ1v) is 5.08. The van der Waals surface area contributed by atoms with Crippen LogP contribution < -0.4 is 11.1 Å². The lowest BCUT2D eigenvalue weighted by molar-refractivity contribution is -0.121. The first-order chi connectivity index (χ1) is 6.06. The quantitative estimate of drug-likeness (QED) is 0.656. The molecule has 0 aliphatic rings. The van der Waals surface area contributed by atoms with Gasteiger partial charge in [-0.1, -0.05) is 27.2 Å². The van der Waals surface area contributed by atoms with E-state index in [1.165, 1.54) is 0 Å². The van der Waals surface area contributed by atoms with Gasteiger partial charge in [0.1, 0.15) is 0 Å². The number of nitrogens with one attached hydrogen (secondary N) is 1. The number of carbonyl (C=O) groups excluding carboxylic acids is 1. The highest BCUT2D eigenvalue weighted by atomic mass is 16.1. The van der Waals surface area contributed by atoms with Crippen molar-refractivity contribution in [1.82, 2.24) is 5.32 Å². The Bertz CT molecular complexity index is 146. The maximum Gasteiger partial charge on any atom is 0.221 e. The lowest BCUT2D eigenvalue weighted by Crippen LogP contribution is -2.33. The topological polar surface area (TPSA) is 55.1 Å². The molecule has 3 nitrogen and oxygen atoms in total. The number of hydrogen-bond acceptors (Lipinski definition) is 2. The molecular weight excluding hydrogens is 164 g/mol. The minimum Gasteiger partial charge on any atom is -0.356 e. The highest BCUT2D eigenvalue weighted by molar-refractivity contribution is 5.76. The maximum absolute atomic E-state index is 11.2. The molecule has 0 radical (unpaired) electrons. The first-order valence-electron chi connectivity index (χ1n) is 5.08. The van der Waals surface area contributed by atoms with Gasteiger partial charge in [-0.2, -0.15) is 0 Å². The van der Waals surface area contributed by atoms with Crippen molar-refractivity contribution < 1.29 is 4.79 Å². The number of amides is 1. The smallest absolute Gasteiger partial charge is 0.221 e. The van der Waals surface area contributed by atoms with Gasteiger partial charge in [0.25, 0.3) is 0 Å². The monoisotopic (exact) mass is 186 g/mol. The van der Waals surface area contributed by atoms with E-state index in [4.69, 9.17) is 5.73 Å². The molecule has 0 aromatic rings. The van der Waals surface area contributed by atoms with E-state index in [2.05, 4.69) is 26.1 Å². The van der Waals surface area contributed by atoms with Gasteiger partial charge >= 0.3 is 0 Å². The number of hydrogen-bond donors (Lipinski definition) is 2. The summed E-state index contributed by atoms with van der Waals surface area (Å²) < 4.78 is 0. The minimum atomic E-state index is 0.0252. The van der Waals surface area contributed by atoms with Crippen molar-refractivity contribution in [2.75, 3.05) is 6.54 Å². The van der Waals surface area contributed by atoms with Crippen LogP contribution in [0.1, 0.15) is 40.0 Å². The molecule has 0 aromatic carbocycles. The normalized spacial score (nSPS) is 13.0. The van der Waals surface area contributed by atoms with Crippen molar-refractivity contribution in [2.45, 2.75) is 46.1 Å². The Morgan fingerprint density at radius 3 is 2.54 bits per heavy atom. The summed E-state index contributed by atoms with van der Waals surface area (Å²) in [5, 5.41) is 2.85. The van der Waals surface area contributed by atoms with E-state index in [0.717, 1.165) is 19.4 Å². The Balaban J connectivity index is 3.50. The zero-order valence-electron chi connectivity index (χ0n) is 8.97. The van der Waals surface area contributed by atoms with Crippen molar-refractivity contribution >= 4 is 5.91 Å². The van der Waals surface area contributed by atoms with Gasteiger partial charge in [-0.25, -0.2) is 0 Å². The fourth-order valence-corrected chi connectivity index (χ4v) is 1.10. The molecule has 0 fully saturated rings. The molecule has 0 rings (SSSR count). The van der Waals surface area contributed by atoms with Crippen LogP contribution in [0, 0.1) is 5.92 Å². The van der Waals surface area contributed by atoms with Crippen molar-refractivity contribution in [1.29, 1.82) is 0 Å². The second kappa shape index (κ2) is 6.89. The van der Waals surface area contributed by atoms with Crippen molar-refractivity contribution in [3.63, 3.8) is 0 Å². The van der Waals surface area contributed by atoms with Crippen LogP contribution in [0.4, 0.5) is 0 Å². The molecule has 13 heavy (non-hydrogen) atoms. The van der Waals surface area contributed by atoms with Gasteiger partial charge < -0.3 is 11.1 Å². The average Bonchev–Trinajstić information content (AvgIpc) is 2.01. The van der Waals surface area contributed by atoms with E-state index < -0.39 is 0 Å². The Morgan fingerprint density at radius 2 is 2.08 bits per heavy atom. The first kappa shape index (κ1) is 12.4. The molecule has 1 atom stereocenters. The Morgan fingerprint density at radius 1 is 1.46 bits per heavy atom. The highest BCUT2D eigenvalue weighted by Crippen LogP contribution is 1.98. The summed E-state index contributed by atoms with van der Waals surface area (Å²) in [7, 11) is 0. The lowest BCUT2D eigenvalue weighted by atomic mass is 10.1. The summed E-state index contributed by atoms with van der Waals surface area (Å²) in [5.74, 6) is 0.584. The number of rotatable bonds is 6. The van der Waals surface area contributed by atoms with E-state index in [0.29, 0.717) is 12.3 Å². The van der Waals surface area contributed by atoms with Crippen molar-refractivity contribution in [3.8, 4) is 0 Å². The Hall–Kier alpha value is -0.570. The van der Waals surface area contributed by atoms with Gasteiger partial charge in [0.2, 0.25) is 5.91 Å². The summed E-state index contributed by atoms with van der Waals surface area (Å²) in [5.41, 5.74) is 5.73. The van der Waals surface area contributed by atoms with Crippen LogP contribution in [0.25, 0.3) is 0 Å². The van der Waals surface area contributed by atoms with Gasteiger partial charge in [0, 0.05) is 19.0 Å². The van der Waals surface area contributed by atoms with E-state index in [1.807, 2.05) is 0 Å². The third kappa shape index (κ3) is 7.78. The molecule has 3 heteroatoms. The molecule has 78 valence electrons. The van der Waals surface area contributed by atoms with Crippen molar-refractivity contribution in [2.24, 2.45) is 11.7 Å². The van der Waals surface area contributed by atoms with Crippen LogP contribution in [-0.2, 0) is 4.79 Å². The standard InChI is InChI=1S/C10H22N2O/c1-4-5-9(11)6-10(13)12-7-8(2)3/h8-9H,4-7,11H2,1-3H3,(H,12,13). The molecule has 0 aliphatic carbocycles. The van der Waals surface area contributed by atoms with Gasteiger partial charge in [-0.05, 0) is 12.3 Å². The summed E-state index contributed by atoms with van der Waals surface area (Å²) in [6.07, 6.45) is 2.42. The fourth-order valence-electron chi connectivity index (χ4n) is 1.10. The van der Waals surface area contributed by atoms with Gasteiger partial charge in [-0.3, -0.25) is 4.79 Å². The molecule has 0 spiro atoms. The van der Waals surface area contributed by atoms with Crippen LogP contribution >= 0.6 is 0 Å². The van der Waals surface area contributed by atoms with Crippen LogP contribution in [0.5, 0.6) is 0 Å². The SMILES string of the molecule is CCCC(N)CC(=O)NCC(C)C. The third-order valence-corrected chi connectivity index (χ3v) is 1.81.